The zero-order chi connectivity index (χ0) is 14.7. The molecule has 0 bridgehead atoms. The van der Waals surface area contributed by atoms with Crippen LogP contribution >= 0.6 is 0 Å². The second-order valence-electron chi connectivity index (χ2n) is 6.00. The molecule has 0 saturated carbocycles. The number of ether oxygens (including phenoxy) is 2. The zero-order valence-corrected chi connectivity index (χ0v) is 12.4. The fourth-order valence-corrected chi connectivity index (χ4v) is 2.84. The summed E-state index contributed by atoms with van der Waals surface area (Å²) >= 11 is 0. The highest BCUT2D eigenvalue weighted by atomic mass is 16.6. The molecule has 2 heterocycles. The Hall–Kier alpha value is -1.75. The Bertz CT molecular complexity index is 524. The van der Waals surface area contributed by atoms with Crippen molar-refractivity contribution in [1.82, 2.24) is 10.6 Å². The molecule has 114 valence electrons. The molecular weight excluding hydrogens is 268 g/mol. The fourth-order valence-electron chi connectivity index (χ4n) is 2.84. The highest BCUT2D eigenvalue weighted by molar-refractivity contribution is 5.82. The molecule has 5 nitrogen and oxygen atoms in total. The third kappa shape index (κ3) is 3.13. The van der Waals surface area contributed by atoms with Gasteiger partial charge >= 0.3 is 0 Å². The fraction of sp³-hybridized carbons (Fsp3) is 0.562. The van der Waals surface area contributed by atoms with Gasteiger partial charge < -0.3 is 20.1 Å². The molecule has 0 spiro atoms. The summed E-state index contributed by atoms with van der Waals surface area (Å²) in [5, 5.41) is 6.34. The molecule has 1 amide bonds. The zero-order valence-electron chi connectivity index (χ0n) is 12.4. The molecule has 1 aromatic carbocycles. The van der Waals surface area contributed by atoms with E-state index < -0.39 is 0 Å². The molecule has 1 saturated heterocycles. The molecule has 1 unspecified atom stereocenters. The Labute approximate surface area is 125 Å². The Balaban J connectivity index is 1.60. The Morgan fingerprint density at radius 3 is 2.90 bits per heavy atom. The summed E-state index contributed by atoms with van der Waals surface area (Å²) in [6, 6.07) is 5.81. The number of piperidine rings is 1. The lowest BCUT2D eigenvalue weighted by Crippen LogP contribution is -2.48. The molecule has 1 fully saturated rings. The van der Waals surface area contributed by atoms with Crippen molar-refractivity contribution in [2.45, 2.75) is 26.3 Å². The van der Waals surface area contributed by atoms with Crippen LogP contribution < -0.4 is 20.1 Å². The van der Waals surface area contributed by atoms with Crippen molar-refractivity contribution in [3.05, 3.63) is 23.8 Å². The predicted octanol–water partition coefficient (Wildman–Crippen LogP) is 1.46. The van der Waals surface area contributed by atoms with Crippen molar-refractivity contribution in [2.75, 3.05) is 26.3 Å². The Morgan fingerprint density at radius 2 is 2.14 bits per heavy atom. The molecule has 0 aromatic heterocycles. The van der Waals surface area contributed by atoms with Crippen molar-refractivity contribution >= 4 is 5.91 Å². The summed E-state index contributed by atoms with van der Waals surface area (Å²) in [7, 11) is 0. The second kappa shape index (κ2) is 5.93. The average Bonchev–Trinajstić information content (AvgIpc) is 2.53. The highest BCUT2D eigenvalue weighted by Crippen LogP contribution is 2.31. The quantitative estimate of drug-likeness (QED) is 0.885. The third-order valence-electron chi connectivity index (χ3n) is 4.21. The van der Waals surface area contributed by atoms with Crippen LogP contribution in [-0.2, 0) is 11.3 Å². The maximum absolute atomic E-state index is 12.4. The van der Waals surface area contributed by atoms with Crippen molar-refractivity contribution in [3.63, 3.8) is 0 Å². The number of amides is 1. The van der Waals surface area contributed by atoms with Crippen LogP contribution in [0.5, 0.6) is 11.5 Å². The van der Waals surface area contributed by atoms with E-state index in [2.05, 4.69) is 10.6 Å². The van der Waals surface area contributed by atoms with Gasteiger partial charge in [0.05, 0.1) is 5.41 Å². The van der Waals surface area contributed by atoms with Crippen LogP contribution in [0.15, 0.2) is 18.2 Å². The van der Waals surface area contributed by atoms with Gasteiger partial charge in [-0.15, -0.1) is 0 Å². The van der Waals surface area contributed by atoms with E-state index in [0.717, 1.165) is 43.0 Å². The van der Waals surface area contributed by atoms with Gasteiger partial charge in [-0.2, -0.15) is 0 Å². The summed E-state index contributed by atoms with van der Waals surface area (Å²) in [6.07, 6.45) is 1.99. The van der Waals surface area contributed by atoms with Crippen LogP contribution in [0, 0.1) is 5.41 Å². The van der Waals surface area contributed by atoms with Crippen LogP contribution in [0.2, 0.25) is 0 Å². The number of hydrogen-bond donors (Lipinski definition) is 2. The normalized spacial score (nSPS) is 24.4. The molecule has 5 heteroatoms. The predicted molar refractivity (Wildman–Crippen MR) is 79.5 cm³/mol. The van der Waals surface area contributed by atoms with E-state index in [1.54, 1.807) is 0 Å². The molecule has 3 rings (SSSR count). The van der Waals surface area contributed by atoms with E-state index in [-0.39, 0.29) is 11.3 Å². The van der Waals surface area contributed by atoms with Crippen LogP contribution in [0.3, 0.4) is 0 Å². The standard InChI is InChI=1S/C16H22N2O3/c1-16(5-2-6-17-11-16)15(19)18-10-12-3-4-13-14(9-12)21-8-7-20-13/h3-4,9,17H,2,5-8,10-11H2,1H3,(H,18,19). The van der Waals surface area contributed by atoms with E-state index in [1.807, 2.05) is 25.1 Å². The van der Waals surface area contributed by atoms with Gasteiger partial charge in [-0.3, -0.25) is 4.79 Å². The van der Waals surface area contributed by atoms with Crippen LogP contribution in [-0.4, -0.2) is 32.2 Å². The number of nitrogens with one attached hydrogen (secondary N) is 2. The number of benzene rings is 1. The second-order valence-corrected chi connectivity index (χ2v) is 6.00. The van der Waals surface area contributed by atoms with E-state index in [4.69, 9.17) is 9.47 Å². The summed E-state index contributed by atoms with van der Waals surface area (Å²) in [4.78, 5) is 12.4. The van der Waals surface area contributed by atoms with Crippen LogP contribution in [0.4, 0.5) is 0 Å². The number of carbonyl (C=O) groups is 1. The smallest absolute Gasteiger partial charge is 0.227 e. The summed E-state index contributed by atoms with van der Waals surface area (Å²) < 4.78 is 11.1. The molecule has 2 aliphatic heterocycles. The van der Waals surface area contributed by atoms with E-state index in [9.17, 15) is 4.79 Å². The van der Waals surface area contributed by atoms with Gasteiger partial charge in [0, 0.05) is 13.1 Å². The van der Waals surface area contributed by atoms with Crippen molar-refractivity contribution in [1.29, 1.82) is 0 Å². The van der Waals surface area contributed by atoms with Crippen molar-refractivity contribution < 1.29 is 14.3 Å². The van der Waals surface area contributed by atoms with E-state index >= 15 is 0 Å². The van der Waals surface area contributed by atoms with Gasteiger partial charge in [0.2, 0.25) is 5.91 Å². The summed E-state index contributed by atoms with van der Waals surface area (Å²) in [5.41, 5.74) is 0.728. The number of carbonyl (C=O) groups excluding carboxylic acids is 1. The average molecular weight is 290 g/mol. The molecular formula is C16H22N2O3. The minimum absolute atomic E-state index is 0.115. The number of hydrogen-bond acceptors (Lipinski definition) is 4. The maximum atomic E-state index is 12.4. The monoisotopic (exact) mass is 290 g/mol. The van der Waals surface area contributed by atoms with Gasteiger partial charge in [-0.25, -0.2) is 0 Å². The first-order chi connectivity index (χ1) is 10.2. The molecule has 0 radical (unpaired) electrons. The first kappa shape index (κ1) is 14.2. The summed E-state index contributed by atoms with van der Waals surface area (Å²) in [6.45, 7) is 5.47. The van der Waals surface area contributed by atoms with Gasteiger partial charge in [-0.05, 0) is 44.0 Å². The first-order valence-corrected chi connectivity index (χ1v) is 7.55. The topological polar surface area (TPSA) is 59.6 Å². The van der Waals surface area contributed by atoms with Crippen LogP contribution in [0.1, 0.15) is 25.3 Å². The SMILES string of the molecule is CC1(C(=O)NCc2ccc3c(c2)OCCO3)CCCNC1. The summed E-state index contributed by atoms with van der Waals surface area (Å²) in [5.74, 6) is 1.66. The minimum Gasteiger partial charge on any atom is -0.486 e. The number of rotatable bonds is 3. The first-order valence-electron chi connectivity index (χ1n) is 7.55. The number of fused-ring (bicyclic) bond motifs is 1. The molecule has 21 heavy (non-hydrogen) atoms. The highest BCUT2D eigenvalue weighted by Gasteiger charge is 2.34. The van der Waals surface area contributed by atoms with Gasteiger partial charge in [0.25, 0.3) is 0 Å². The Kier molecular flexibility index (Phi) is 4.01. The molecule has 2 aliphatic rings. The molecule has 0 aliphatic carbocycles. The molecule has 2 N–H and O–H groups in total. The van der Waals surface area contributed by atoms with Crippen molar-refractivity contribution in [2.24, 2.45) is 5.41 Å². The van der Waals surface area contributed by atoms with E-state index in [1.165, 1.54) is 0 Å². The van der Waals surface area contributed by atoms with Gasteiger partial charge in [-0.1, -0.05) is 6.07 Å². The largest absolute Gasteiger partial charge is 0.486 e. The molecule has 1 aromatic rings. The van der Waals surface area contributed by atoms with Crippen LogP contribution in [0.25, 0.3) is 0 Å². The lowest BCUT2D eigenvalue weighted by atomic mass is 9.82. The van der Waals surface area contributed by atoms with E-state index in [0.29, 0.717) is 19.8 Å². The third-order valence-corrected chi connectivity index (χ3v) is 4.21. The van der Waals surface area contributed by atoms with Gasteiger partial charge in [0.15, 0.2) is 11.5 Å². The van der Waals surface area contributed by atoms with Crippen molar-refractivity contribution in [3.8, 4) is 11.5 Å². The minimum atomic E-state index is -0.300. The molecule has 1 atom stereocenters. The van der Waals surface area contributed by atoms with Gasteiger partial charge in [0.1, 0.15) is 13.2 Å². The lowest BCUT2D eigenvalue weighted by molar-refractivity contribution is -0.131. The lowest BCUT2D eigenvalue weighted by Gasteiger charge is -2.32. The maximum Gasteiger partial charge on any atom is 0.227 e. The Morgan fingerprint density at radius 1 is 1.33 bits per heavy atom.